The topological polar surface area (TPSA) is 50.9 Å². The molecule has 0 amide bonds. The van der Waals surface area contributed by atoms with Crippen LogP contribution in [0.2, 0.25) is 5.02 Å². The monoisotopic (exact) mass is 317 g/mol. The zero-order valence-electron chi connectivity index (χ0n) is 12.6. The van der Waals surface area contributed by atoms with Crippen LogP contribution in [0.1, 0.15) is 37.7 Å². The number of hydrogen-bond donors (Lipinski definition) is 1. The van der Waals surface area contributed by atoms with Crippen LogP contribution in [0.3, 0.4) is 0 Å². The molecule has 1 N–H and O–H groups in total. The molecular weight excluding hydrogens is 298 g/mol. The van der Waals surface area contributed by atoms with E-state index in [4.69, 9.17) is 11.6 Å². The second-order valence-corrected chi connectivity index (χ2v) is 7.36. The predicted octanol–water partition coefficient (Wildman–Crippen LogP) is 3.27. The van der Waals surface area contributed by atoms with Gasteiger partial charge in [0.25, 0.3) is 0 Å². The molecule has 2 aliphatic rings. The third-order valence-corrected chi connectivity index (χ3v) is 6.17. The second-order valence-electron chi connectivity index (χ2n) is 6.92. The van der Waals surface area contributed by atoms with Gasteiger partial charge in [0.15, 0.2) is 0 Å². The van der Waals surface area contributed by atoms with Crippen LogP contribution >= 0.6 is 11.6 Å². The molecule has 0 aliphatic heterocycles. The first kappa shape index (κ1) is 14.2. The van der Waals surface area contributed by atoms with E-state index in [9.17, 15) is 5.11 Å². The van der Waals surface area contributed by atoms with Crippen LogP contribution in [0.4, 0.5) is 0 Å². The predicted molar refractivity (Wildman–Crippen MR) is 84.6 cm³/mol. The van der Waals surface area contributed by atoms with Gasteiger partial charge in [0.1, 0.15) is 12.7 Å². The van der Waals surface area contributed by atoms with E-state index < -0.39 is 5.60 Å². The molecule has 0 radical (unpaired) electrons. The molecule has 4 nitrogen and oxygen atoms in total. The summed E-state index contributed by atoms with van der Waals surface area (Å²) in [6.07, 6.45) is 6.40. The lowest BCUT2D eigenvalue weighted by molar-refractivity contribution is -0.0619. The van der Waals surface area contributed by atoms with Crippen LogP contribution in [0.15, 0.2) is 36.9 Å². The summed E-state index contributed by atoms with van der Waals surface area (Å²) in [6, 6.07) is 8.08. The average molecular weight is 318 g/mol. The van der Waals surface area contributed by atoms with Crippen LogP contribution in [-0.4, -0.2) is 25.5 Å². The number of halogens is 1. The molecule has 1 spiro atoms. The molecule has 5 heteroatoms. The molecule has 22 heavy (non-hydrogen) atoms. The second kappa shape index (κ2) is 4.80. The van der Waals surface area contributed by atoms with Gasteiger partial charge in [-0.05, 0) is 48.8 Å². The Labute approximate surface area is 135 Å². The van der Waals surface area contributed by atoms with E-state index in [1.165, 1.54) is 11.9 Å². The zero-order chi connectivity index (χ0) is 15.4. The number of hydrogen-bond acceptors (Lipinski definition) is 3. The van der Waals surface area contributed by atoms with Gasteiger partial charge in [-0.1, -0.05) is 30.7 Å². The van der Waals surface area contributed by atoms with Gasteiger partial charge in [0.2, 0.25) is 0 Å². The van der Waals surface area contributed by atoms with E-state index >= 15 is 0 Å². The van der Waals surface area contributed by atoms with Crippen molar-refractivity contribution in [3.05, 3.63) is 47.5 Å². The van der Waals surface area contributed by atoms with Crippen LogP contribution in [0.25, 0.3) is 0 Å². The fraction of sp³-hybridized carbons (Fsp3) is 0.529. The number of nitrogens with zero attached hydrogens (tertiary/aromatic N) is 3. The molecular formula is C17H20ClN3O. The fourth-order valence-electron chi connectivity index (χ4n) is 4.49. The minimum absolute atomic E-state index is 0.0216. The molecule has 2 aromatic rings. The van der Waals surface area contributed by atoms with Crippen molar-refractivity contribution < 1.29 is 5.11 Å². The van der Waals surface area contributed by atoms with E-state index in [0.29, 0.717) is 12.5 Å². The molecule has 4 rings (SSSR count). The maximum Gasteiger partial charge on any atom is 0.137 e. The van der Waals surface area contributed by atoms with Crippen molar-refractivity contribution >= 4 is 11.6 Å². The van der Waals surface area contributed by atoms with Crippen LogP contribution < -0.4 is 0 Å². The Balaban J connectivity index is 1.65. The van der Waals surface area contributed by atoms with E-state index in [2.05, 4.69) is 29.1 Å². The van der Waals surface area contributed by atoms with Crippen molar-refractivity contribution in [2.45, 2.75) is 44.2 Å². The highest BCUT2D eigenvalue weighted by molar-refractivity contribution is 6.30. The Hall–Kier alpha value is -1.39. The van der Waals surface area contributed by atoms with Crippen molar-refractivity contribution in [1.29, 1.82) is 0 Å². The number of benzene rings is 1. The van der Waals surface area contributed by atoms with Gasteiger partial charge >= 0.3 is 0 Å². The first-order chi connectivity index (χ1) is 10.6. The third kappa shape index (κ3) is 1.94. The maximum absolute atomic E-state index is 11.5. The Morgan fingerprint density at radius 3 is 2.82 bits per heavy atom. The van der Waals surface area contributed by atoms with E-state index in [0.717, 1.165) is 24.3 Å². The van der Waals surface area contributed by atoms with Gasteiger partial charge < -0.3 is 5.11 Å². The minimum atomic E-state index is -0.717. The summed E-state index contributed by atoms with van der Waals surface area (Å²) in [5.41, 5.74) is 0.549. The highest BCUT2D eigenvalue weighted by Gasteiger charge is 2.70. The van der Waals surface area contributed by atoms with Crippen molar-refractivity contribution in [3.8, 4) is 0 Å². The third-order valence-electron chi connectivity index (χ3n) is 5.92. The quantitative estimate of drug-likeness (QED) is 0.945. The summed E-state index contributed by atoms with van der Waals surface area (Å²) in [7, 11) is 0. The van der Waals surface area contributed by atoms with E-state index in [1.54, 1.807) is 11.0 Å². The lowest BCUT2D eigenvalue weighted by atomic mass is 9.79. The van der Waals surface area contributed by atoms with Crippen LogP contribution in [0.5, 0.6) is 0 Å². The van der Waals surface area contributed by atoms with Gasteiger partial charge in [0, 0.05) is 10.4 Å². The molecule has 2 saturated carbocycles. The van der Waals surface area contributed by atoms with Gasteiger partial charge in [-0.3, -0.25) is 4.68 Å². The van der Waals surface area contributed by atoms with Gasteiger partial charge in [-0.2, -0.15) is 5.10 Å². The standard InChI is InChI=1S/C17H20ClN3O/c1-12-6-7-16(17(12,22)9-21-11-19-10-20-21)8-15(16)13-2-4-14(18)5-3-13/h2-5,10-12,15,22H,6-9H2,1H3. The Morgan fingerprint density at radius 2 is 2.14 bits per heavy atom. The van der Waals surface area contributed by atoms with Crippen LogP contribution in [0, 0.1) is 11.3 Å². The summed E-state index contributed by atoms with van der Waals surface area (Å²) < 4.78 is 1.76. The van der Waals surface area contributed by atoms with Crippen molar-refractivity contribution in [2.75, 3.05) is 0 Å². The molecule has 2 fully saturated rings. The summed E-state index contributed by atoms with van der Waals surface area (Å²) in [5, 5.41) is 16.4. The van der Waals surface area contributed by atoms with Gasteiger partial charge in [-0.15, -0.1) is 0 Å². The molecule has 4 atom stereocenters. The molecule has 0 bridgehead atoms. The largest absolute Gasteiger partial charge is 0.387 e. The van der Waals surface area contributed by atoms with Gasteiger partial charge in [0.05, 0.1) is 12.1 Å². The maximum atomic E-state index is 11.5. The first-order valence-electron chi connectivity index (χ1n) is 7.85. The summed E-state index contributed by atoms with van der Waals surface area (Å²) in [4.78, 5) is 4.00. The number of aliphatic hydroxyl groups is 1. The van der Waals surface area contributed by atoms with E-state index in [-0.39, 0.29) is 11.3 Å². The van der Waals surface area contributed by atoms with Crippen molar-refractivity contribution in [1.82, 2.24) is 14.8 Å². The number of aromatic nitrogens is 3. The Morgan fingerprint density at radius 1 is 1.36 bits per heavy atom. The Bertz CT molecular complexity index is 672. The van der Waals surface area contributed by atoms with Crippen molar-refractivity contribution in [3.63, 3.8) is 0 Å². The highest BCUT2D eigenvalue weighted by Crippen LogP contribution is 2.73. The Kier molecular flexibility index (Phi) is 3.10. The normalized spacial score (nSPS) is 36.9. The molecule has 4 unspecified atom stereocenters. The van der Waals surface area contributed by atoms with Crippen LogP contribution in [-0.2, 0) is 6.54 Å². The number of rotatable bonds is 3. The molecule has 0 saturated heterocycles. The summed E-state index contributed by atoms with van der Waals surface area (Å²) in [5.74, 6) is 0.692. The lowest BCUT2D eigenvalue weighted by Crippen LogP contribution is -2.45. The molecule has 116 valence electrons. The molecule has 1 heterocycles. The van der Waals surface area contributed by atoms with Crippen molar-refractivity contribution in [2.24, 2.45) is 11.3 Å². The minimum Gasteiger partial charge on any atom is -0.387 e. The van der Waals surface area contributed by atoms with Gasteiger partial charge in [-0.25, -0.2) is 4.98 Å². The first-order valence-corrected chi connectivity index (χ1v) is 8.23. The SMILES string of the molecule is CC1CCC2(CC2c2ccc(Cl)cc2)C1(O)Cn1cncn1. The lowest BCUT2D eigenvalue weighted by Gasteiger charge is -2.35. The van der Waals surface area contributed by atoms with E-state index in [1.807, 2.05) is 12.1 Å². The zero-order valence-corrected chi connectivity index (χ0v) is 13.4. The summed E-state index contributed by atoms with van der Waals surface area (Å²) >= 11 is 5.99. The smallest absolute Gasteiger partial charge is 0.137 e. The molecule has 1 aromatic heterocycles. The fourth-order valence-corrected chi connectivity index (χ4v) is 4.61. The average Bonchev–Trinajstić information content (AvgIpc) is 2.94. The highest BCUT2D eigenvalue weighted by atomic mass is 35.5. The molecule has 1 aromatic carbocycles. The molecule has 2 aliphatic carbocycles. The summed E-state index contributed by atoms with van der Waals surface area (Å²) in [6.45, 7) is 2.68.